The lowest BCUT2D eigenvalue weighted by molar-refractivity contribution is 0.0156. The third kappa shape index (κ3) is 3.16. The van der Waals surface area contributed by atoms with E-state index in [0.29, 0.717) is 23.0 Å². The van der Waals surface area contributed by atoms with Gasteiger partial charge in [-0.2, -0.15) is 0 Å². The molecule has 0 amide bonds. The van der Waals surface area contributed by atoms with Gasteiger partial charge in [0.15, 0.2) is 0 Å². The molecular formula is C18H33NO2. The van der Waals surface area contributed by atoms with Crippen molar-refractivity contribution in [2.75, 3.05) is 26.4 Å². The number of fused-ring (bicyclic) bond motifs is 2. The molecule has 1 heterocycles. The highest BCUT2D eigenvalue weighted by molar-refractivity contribution is 5.11. The Morgan fingerprint density at radius 3 is 2.76 bits per heavy atom. The van der Waals surface area contributed by atoms with Crippen LogP contribution < -0.4 is 5.32 Å². The molecule has 0 aromatic heterocycles. The summed E-state index contributed by atoms with van der Waals surface area (Å²) in [7, 11) is 0. The van der Waals surface area contributed by atoms with Crippen LogP contribution in [0.1, 0.15) is 59.3 Å². The molecule has 4 unspecified atom stereocenters. The highest BCUT2D eigenvalue weighted by atomic mass is 16.5. The Labute approximate surface area is 130 Å². The van der Waals surface area contributed by atoms with E-state index in [0.717, 1.165) is 38.7 Å². The zero-order chi connectivity index (χ0) is 14.9. The third-order valence-electron chi connectivity index (χ3n) is 6.41. The molecule has 0 aromatic carbocycles. The summed E-state index contributed by atoms with van der Waals surface area (Å²) in [5.74, 6) is 0.927. The van der Waals surface area contributed by atoms with Gasteiger partial charge in [-0.25, -0.2) is 0 Å². The number of hydrogen-bond donors (Lipinski definition) is 1. The topological polar surface area (TPSA) is 30.5 Å². The molecule has 1 aliphatic heterocycles. The number of hydrogen-bond acceptors (Lipinski definition) is 3. The standard InChI is InChI=1S/C18H33NO2/c1-17(2)14-7-8-18(3,12-14)16(17)19-9-5-10-20-13-15-6-4-11-21-15/h14-16,19H,4-13H2,1-3H3. The second-order valence-corrected chi connectivity index (χ2v) is 8.37. The first kappa shape index (κ1) is 15.8. The van der Waals surface area contributed by atoms with Gasteiger partial charge in [0.2, 0.25) is 0 Å². The highest BCUT2D eigenvalue weighted by Crippen LogP contribution is 2.62. The van der Waals surface area contributed by atoms with E-state index in [4.69, 9.17) is 9.47 Å². The number of nitrogens with one attached hydrogen (secondary N) is 1. The van der Waals surface area contributed by atoms with Crippen molar-refractivity contribution in [1.82, 2.24) is 5.32 Å². The summed E-state index contributed by atoms with van der Waals surface area (Å²) in [5, 5.41) is 3.86. The van der Waals surface area contributed by atoms with Crippen molar-refractivity contribution >= 4 is 0 Å². The molecule has 0 spiro atoms. The Morgan fingerprint density at radius 2 is 2.10 bits per heavy atom. The monoisotopic (exact) mass is 295 g/mol. The van der Waals surface area contributed by atoms with Crippen molar-refractivity contribution in [3.05, 3.63) is 0 Å². The molecule has 4 atom stereocenters. The molecule has 2 aliphatic carbocycles. The van der Waals surface area contributed by atoms with Crippen molar-refractivity contribution < 1.29 is 9.47 Å². The molecule has 3 heteroatoms. The van der Waals surface area contributed by atoms with Crippen LogP contribution in [0, 0.1) is 16.7 Å². The number of ether oxygens (including phenoxy) is 2. The van der Waals surface area contributed by atoms with Crippen molar-refractivity contribution in [1.29, 1.82) is 0 Å². The fourth-order valence-corrected chi connectivity index (χ4v) is 5.22. The Morgan fingerprint density at radius 1 is 1.24 bits per heavy atom. The van der Waals surface area contributed by atoms with Gasteiger partial charge >= 0.3 is 0 Å². The predicted octanol–water partition coefficient (Wildman–Crippen LogP) is 3.38. The summed E-state index contributed by atoms with van der Waals surface area (Å²) in [6, 6.07) is 0.682. The van der Waals surface area contributed by atoms with E-state index < -0.39 is 0 Å². The first-order chi connectivity index (χ1) is 10.0. The van der Waals surface area contributed by atoms with E-state index in [9.17, 15) is 0 Å². The third-order valence-corrected chi connectivity index (χ3v) is 6.41. The summed E-state index contributed by atoms with van der Waals surface area (Å²) in [4.78, 5) is 0. The molecule has 122 valence electrons. The van der Waals surface area contributed by atoms with Gasteiger partial charge in [0.05, 0.1) is 12.7 Å². The quantitative estimate of drug-likeness (QED) is 0.730. The maximum absolute atomic E-state index is 5.76. The van der Waals surface area contributed by atoms with Crippen LogP contribution in [0.15, 0.2) is 0 Å². The van der Waals surface area contributed by atoms with Crippen LogP contribution >= 0.6 is 0 Å². The summed E-state index contributed by atoms with van der Waals surface area (Å²) in [6.07, 6.45) is 8.12. The Kier molecular flexibility index (Phi) is 4.63. The fraction of sp³-hybridized carbons (Fsp3) is 1.00. The molecule has 3 rings (SSSR count). The highest BCUT2D eigenvalue weighted by Gasteiger charge is 2.58. The fourth-order valence-electron chi connectivity index (χ4n) is 5.22. The van der Waals surface area contributed by atoms with Crippen LogP contribution in [-0.4, -0.2) is 38.5 Å². The molecule has 2 saturated carbocycles. The predicted molar refractivity (Wildman–Crippen MR) is 85.4 cm³/mol. The van der Waals surface area contributed by atoms with Crippen molar-refractivity contribution in [2.45, 2.75) is 71.4 Å². The van der Waals surface area contributed by atoms with Crippen molar-refractivity contribution in [3.63, 3.8) is 0 Å². The maximum Gasteiger partial charge on any atom is 0.0809 e. The van der Waals surface area contributed by atoms with Gasteiger partial charge in [0.1, 0.15) is 0 Å². The average molecular weight is 295 g/mol. The van der Waals surface area contributed by atoms with E-state index in [2.05, 4.69) is 26.1 Å². The van der Waals surface area contributed by atoms with Crippen LogP contribution in [-0.2, 0) is 9.47 Å². The molecule has 0 aromatic rings. The van der Waals surface area contributed by atoms with Crippen LogP contribution in [0.4, 0.5) is 0 Å². The molecule has 2 bridgehead atoms. The van der Waals surface area contributed by atoms with Crippen LogP contribution in [0.2, 0.25) is 0 Å². The number of rotatable bonds is 7. The maximum atomic E-state index is 5.76. The smallest absolute Gasteiger partial charge is 0.0809 e. The molecule has 1 saturated heterocycles. The zero-order valence-corrected chi connectivity index (χ0v) is 14.1. The molecule has 3 aliphatic rings. The van der Waals surface area contributed by atoms with Gasteiger partial charge in [-0.3, -0.25) is 0 Å². The molecule has 21 heavy (non-hydrogen) atoms. The molecule has 1 N–H and O–H groups in total. The molecular weight excluding hydrogens is 262 g/mol. The lowest BCUT2D eigenvalue weighted by Crippen LogP contribution is -2.50. The average Bonchev–Trinajstić information content (AvgIpc) is 3.10. The summed E-state index contributed by atoms with van der Waals surface area (Å²) in [5.41, 5.74) is 0.998. The van der Waals surface area contributed by atoms with E-state index in [1.165, 1.54) is 32.1 Å². The summed E-state index contributed by atoms with van der Waals surface area (Å²) < 4.78 is 11.3. The van der Waals surface area contributed by atoms with E-state index in [1.54, 1.807) is 0 Å². The zero-order valence-electron chi connectivity index (χ0n) is 14.1. The molecule has 3 nitrogen and oxygen atoms in total. The summed E-state index contributed by atoms with van der Waals surface area (Å²) >= 11 is 0. The SMILES string of the molecule is CC12CCC(C1)C(C)(C)C2NCCCOCC1CCCO1. The second-order valence-electron chi connectivity index (χ2n) is 8.37. The van der Waals surface area contributed by atoms with Gasteiger partial charge in [-0.15, -0.1) is 0 Å². The lowest BCUT2D eigenvalue weighted by Gasteiger charge is -2.43. The van der Waals surface area contributed by atoms with Crippen molar-refractivity contribution in [3.8, 4) is 0 Å². The van der Waals surface area contributed by atoms with E-state index in [-0.39, 0.29) is 0 Å². The summed E-state index contributed by atoms with van der Waals surface area (Å²) in [6.45, 7) is 11.1. The normalized spacial score (nSPS) is 41.0. The second kappa shape index (κ2) is 6.17. The lowest BCUT2D eigenvalue weighted by atomic mass is 9.68. The van der Waals surface area contributed by atoms with Gasteiger partial charge in [0.25, 0.3) is 0 Å². The Hall–Kier alpha value is -0.120. The van der Waals surface area contributed by atoms with Gasteiger partial charge in [-0.1, -0.05) is 20.8 Å². The molecule has 0 radical (unpaired) electrons. The minimum absolute atomic E-state index is 0.362. The van der Waals surface area contributed by atoms with Gasteiger partial charge in [-0.05, 0) is 61.8 Å². The van der Waals surface area contributed by atoms with Gasteiger partial charge in [0, 0.05) is 19.3 Å². The molecule has 3 fully saturated rings. The largest absolute Gasteiger partial charge is 0.379 e. The van der Waals surface area contributed by atoms with Crippen molar-refractivity contribution in [2.24, 2.45) is 16.7 Å². The van der Waals surface area contributed by atoms with Crippen LogP contribution in [0.5, 0.6) is 0 Å². The van der Waals surface area contributed by atoms with Crippen LogP contribution in [0.25, 0.3) is 0 Å². The van der Waals surface area contributed by atoms with E-state index >= 15 is 0 Å². The minimum atomic E-state index is 0.362. The minimum Gasteiger partial charge on any atom is -0.379 e. The first-order valence-corrected chi connectivity index (χ1v) is 8.95. The first-order valence-electron chi connectivity index (χ1n) is 8.95. The van der Waals surface area contributed by atoms with E-state index in [1.807, 2.05) is 0 Å². The Balaban J connectivity index is 1.34. The van der Waals surface area contributed by atoms with Gasteiger partial charge < -0.3 is 14.8 Å². The van der Waals surface area contributed by atoms with Crippen LogP contribution in [0.3, 0.4) is 0 Å². The Bertz CT molecular complexity index is 346.